The summed E-state index contributed by atoms with van der Waals surface area (Å²) in [7, 11) is -1.87. The second-order valence-electron chi connectivity index (χ2n) is 9.25. The zero-order valence-electron chi connectivity index (χ0n) is 19.0. The Balaban J connectivity index is 2.15. The Hall–Kier alpha value is -1.47. The average Bonchev–Trinajstić information content (AvgIpc) is 3.14. The number of hydrogen-bond donors (Lipinski definition) is 0. The number of benzene rings is 2. The summed E-state index contributed by atoms with van der Waals surface area (Å²) in [6.07, 6.45) is 2.20. The van der Waals surface area contributed by atoms with Crippen molar-refractivity contribution in [1.29, 1.82) is 0 Å². The van der Waals surface area contributed by atoms with E-state index in [0.717, 1.165) is 12.2 Å². The average molecular weight is 532 g/mol. The number of nitrogens with zero attached hydrogens (tertiary/aromatic N) is 3. The van der Waals surface area contributed by atoms with Crippen LogP contribution >= 0.6 is 22.6 Å². The molecule has 3 aromatic rings. The predicted octanol–water partition coefficient (Wildman–Crippen LogP) is 7.28. The van der Waals surface area contributed by atoms with Gasteiger partial charge in [-0.3, -0.25) is 0 Å². The van der Waals surface area contributed by atoms with Gasteiger partial charge in [-0.05, 0) is 56.4 Å². The van der Waals surface area contributed by atoms with E-state index < -0.39 is 8.07 Å². The van der Waals surface area contributed by atoms with Gasteiger partial charge in [0.15, 0.2) is 0 Å². The van der Waals surface area contributed by atoms with Crippen LogP contribution in [0.4, 0.5) is 0 Å². The van der Waals surface area contributed by atoms with Crippen molar-refractivity contribution in [1.82, 2.24) is 15.0 Å². The molecule has 1 atom stereocenters. The van der Waals surface area contributed by atoms with Crippen LogP contribution in [0.25, 0.3) is 0 Å². The highest BCUT2D eigenvalue weighted by molar-refractivity contribution is 14.1. The van der Waals surface area contributed by atoms with E-state index in [2.05, 4.69) is 130 Å². The van der Waals surface area contributed by atoms with Gasteiger partial charge in [-0.15, -0.1) is 5.10 Å². The van der Waals surface area contributed by atoms with E-state index in [0.29, 0.717) is 22.2 Å². The van der Waals surface area contributed by atoms with Gasteiger partial charge in [-0.1, -0.05) is 95.3 Å². The molecule has 0 spiro atoms. The Labute approximate surface area is 196 Å². The van der Waals surface area contributed by atoms with Gasteiger partial charge in [0.2, 0.25) is 0 Å². The van der Waals surface area contributed by atoms with Crippen LogP contribution < -0.4 is 0 Å². The smallest absolute Gasteiger partial charge is 0.0875 e. The Morgan fingerprint density at radius 3 is 1.97 bits per heavy atom. The van der Waals surface area contributed by atoms with Gasteiger partial charge in [-0.2, -0.15) is 0 Å². The molecule has 0 amide bonds. The van der Waals surface area contributed by atoms with Crippen LogP contribution in [-0.2, 0) is 6.54 Å². The molecule has 0 N–H and O–H groups in total. The first kappa shape index (κ1) is 23.2. The van der Waals surface area contributed by atoms with E-state index in [4.69, 9.17) is 5.10 Å². The largest absolute Gasteiger partial charge is 0.248 e. The quantitative estimate of drug-likeness (QED) is 0.226. The summed E-state index contributed by atoms with van der Waals surface area (Å²) in [5.41, 5.74) is 6.05. The zero-order chi connectivity index (χ0) is 21.9. The maximum Gasteiger partial charge on any atom is 0.0875 e. The SMILES string of the molecule is CC(C)[Si](C(C)C)(C(C)C)[C@@H](c1cn(Cc2ccccc2)nn1)c1ccccc1I. The molecular formula is C25H34IN3Si. The monoisotopic (exact) mass is 531 g/mol. The van der Waals surface area contributed by atoms with Crippen molar-refractivity contribution in [2.75, 3.05) is 0 Å². The van der Waals surface area contributed by atoms with E-state index in [1.54, 1.807) is 0 Å². The second-order valence-corrected chi connectivity index (χ2v) is 16.4. The van der Waals surface area contributed by atoms with Crippen molar-refractivity contribution >= 4 is 30.7 Å². The van der Waals surface area contributed by atoms with E-state index in [9.17, 15) is 0 Å². The van der Waals surface area contributed by atoms with Crippen LogP contribution in [-0.4, -0.2) is 23.1 Å². The molecule has 0 aliphatic rings. The predicted molar refractivity (Wildman–Crippen MR) is 138 cm³/mol. The normalized spacial score (nSPS) is 13.4. The minimum atomic E-state index is -1.87. The minimum absolute atomic E-state index is 0.329. The molecular weight excluding hydrogens is 497 g/mol. The van der Waals surface area contributed by atoms with E-state index in [-0.39, 0.29) is 0 Å². The topological polar surface area (TPSA) is 30.7 Å². The first-order chi connectivity index (χ1) is 14.3. The van der Waals surface area contributed by atoms with Crippen LogP contribution in [0.15, 0.2) is 60.8 Å². The molecule has 1 aromatic heterocycles. The fourth-order valence-corrected chi connectivity index (χ4v) is 14.1. The van der Waals surface area contributed by atoms with E-state index in [1.165, 1.54) is 14.7 Å². The summed E-state index contributed by atoms with van der Waals surface area (Å²) in [5.74, 6) is 0. The van der Waals surface area contributed by atoms with Crippen LogP contribution in [0.5, 0.6) is 0 Å². The summed E-state index contributed by atoms with van der Waals surface area (Å²) in [4.78, 5) is 0. The summed E-state index contributed by atoms with van der Waals surface area (Å²) in [5, 5.41) is 9.35. The first-order valence-electron chi connectivity index (χ1n) is 11.0. The highest BCUT2D eigenvalue weighted by atomic mass is 127. The fraction of sp³-hybridized carbons (Fsp3) is 0.440. The van der Waals surface area contributed by atoms with Crippen LogP contribution in [0.2, 0.25) is 16.6 Å². The van der Waals surface area contributed by atoms with Gasteiger partial charge in [0.25, 0.3) is 0 Å². The first-order valence-corrected chi connectivity index (χ1v) is 14.4. The van der Waals surface area contributed by atoms with Crippen molar-refractivity contribution in [3.63, 3.8) is 0 Å². The Bertz CT molecular complexity index is 928. The standard InChI is InChI=1S/C25H34IN3Si/c1-18(2)30(19(3)4,20(5)6)25(22-14-10-11-15-23(22)26)24-17-29(28-27-24)16-21-12-8-7-9-13-21/h7-15,17-20,25H,16H2,1-6H3/t25-/m1/s1. The van der Waals surface area contributed by atoms with Crippen molar-refractivity contribution in [2.45, 2.75) is 70.3 Å². The molecule has 30 heavy (non-hydrogen) atoms. The number of halogens is 1. The zero-order valence-corrected chi connectivity index (χ0v) is 22.2. The molecule has 0 radical (unpaired) electrons. The third-order valence-electron chi connectivity index (χ3n) is 6.76. The Morgan fingerprint density at radius 1 is 0.833 bits per heavy atom. The van der Waals surface area contributed by atoms with Gasteiger partial charge in [0, 0.05) is 15.3 Å². The van der Waals surface area contributed by atoms with Gasteiger partial charge in [0.1, 0.15) is 0 Å². The summed E-state index contributed by atoms with van der Waals surface area (Å²) in [6.45, 7) is 15.4. The number of rotatable bonds is 8. The maximum absolute atomic E-state index is 4.79. The lowest BCUT2D eigenvalue weighted by atomic mass is 10.1. The van der Waals surface area contributed by atoms with Gasteiger partial charge in [0.05, 0.1) is 20.3 Å². The molecule has 3 nitrogen and oxygen atoms in total. The highest BCUT2D eigenvalue weighted by Crippen LogP contribution is 2.53. The molecule has 0 aliphatic carbocycles. The molecule has 0 fully saturated rings. The molecule has 160 valence electrons. The van der Waals surface area contributed by atoms with Crippen LogP contribution in [0, 0.1) is 3.57 Å². The molecule has 0 saturated carbocycles. The molecule has 1 heterocycles. The van der Waals surface area contributed by atoms with Gasteiger partial charge < -0.3 is 0 Å². The van der Waals surface area contributed by atoms with Crippen LogP contribution in [0.1, 0.15) is 63.9 Å². The second kappa shape index (κ2) is 9.77. The molecule has 2 aromatic carbocycles. The fourth-order valence-electron chi connectivity index (χ4n) is 5.69. The molecule has 0 bridgehead atoms. The van der Waals surface area contributed by atoms with Crippen LogP contribution in [0.3, 0.4) is 0 Å². The Kier molecular flexibility index (Phi) is 7.55. The summed E-state index contributed by atoms with van der Waals surface area (Å²) in [6, 6.07) is 19.4. The van der Waals surface area contributed by atoms with Gasteiger partial charge >= 0.3 is 0 Å². The van der Waals surface area contributed by atoms with Crippen molar-refractivity contribution in [3.05, 3.63) is 81.2 Å². The lowest BCUT2D eigenvalue weighted by Crippen LogP contribution is -2.51. The van der Waals surface area contributed by atoms with Crippen molar-refractivity contribution in [2.24, 2.45) is 0 Å². The third kappa shape index (κ3) is 4.42. The number of aromatic nitrogens is 3. The Morgan fingerprint density at radius 2 is 1.40 bits per heavy atom. The van der Waals surface area contributed by atoms with Crippen molar-refractivity contribution in [3.8, 4) is 0 Å². The van der Waals surface area contributed by atoms with E-state index >= 15 is 0 Å². The summed E-state index contributed by atoms with van der Waals surface area (Å²) < 4.78 is 3.34. The lowest BCUT2D eigenvalue weighted by Gasteiger charge is -2.48. The lowest BCUT2D eigenvalue weighted by molar-refractivity contribution is 0.649. The summed E-state index contributed by atoms with van der Waals surface area (Å²) >= 11 is 2.51. The van der Waals surface area contributed by atoms with E-state index in [1.807, 2.05) is 4.68 Å². The molecule has 0 unspecified atom stereocenters. The van der Waals surface area contributed by atoms with Crippen molar-refractivity contribution < 1.29 is 0 Å². The highest BCUT2D eigenvalue weighted by Gasteiger charge is 2.51. The van der Waals surface area contributed by atoms with Gasteiger partial charge in [-0.25, -0.2) is 4.68 Å². The molecule has 0 aliphatic heterocycles. The molecule has 0 saturated heterocycles. The third-order valence-corrected chi connectivity index (χ3v) is 15.3. The molecule has 3 rings (SSSR count). The minimum Gasteiger partial charge on any atom is -0.248 e. The molecule has 5 heteroatoms. The maximum atomic E-state index is 4.79. The number of hydrogen-bond acceptors (Lipinski definition) is 2.